The van der Waals surface area contributed by atoms with Crippen molar-refractivity contribution in [2.24, 2.45) is 0 Å². The summed E-state index contributed by atoms with van der Waals surface area (Å²) >= 11 is 12.0. The molecule has 3 aromatic rings. The number of amides is 1. The Morgan fingerprint density at radius 2 is 1.74 bits per heavy atom. The van der Waals surface area contributed by atoms with E-state index >= 15 is 0 Å². The Morgan fingerprint density at radius 1 is 1.06 bits per heavy atom. The van der Waals surface area contributed by atoms with Gasteiger partial charge in [0.05, 0.1) is 20.7 Å². The molecule has 0 bridgehead atoms. The maximum atomic E-state index is 12.7. The highest BCUT2D eigenvalue weighted by atomic mass is 35.5. The van der Waals surface area contributed by atoms with Crippen LogP contribution >= 0.6 is 23.2 Å². The smallest absolute Gasteiger partial charge is 0.339 e. The van der Waals surface area contributed by atoms with E-state index in [0.29, 0.717) is 0 Å². The summed E-state index contributed by atoms with van der Waals surface area (Å²) in [4.78, 5) is 22.4. The van der Waals surface area contributed by atoms with E-state index in [0.717, 1.165) is 30.3 Å². The summed E-state index contributed by atoms with van der Waals surface area (Å²) in [6, 6.07) is 16.3. The van der Waals surface area contributed by atoms with Crippen LogP contribution in [0.5, 0.6) is 5.75 Å². The largest absolute Gasteiger partial charge is 0.378 e. The van der Waals surface area contributed by atoms with Crippen LogP contribution in [0.2, 0.25) is 10.0 Å². The first-order chi connectivity index (χ1) is 16.1. The molecule has 0 aliphatic rings. The molecule has 0 atom stereocenters. The zero-order valence-corrected chi connectivity index (χ0v) is 19.3. The molecule has 0 saturated heterocycles. The van der Waals surface area contributed by atoms with E-state index < -0.39 is 20.9 Å². The minimum absolute atomic E-state index is 0.0905. The average molecular weight is 518 g/mol. The lowest BCUT2D eigenvalue weighted by molar-refractivity contribution is -0.384. The number of benzene rings is 3. The van der Waals surface area contributed by atoms with Gasteiger partial charge in [-0.1, -0.05) is 47.5 Å². The van der Waals surface area contributed by atoms with Crippen LogP contribution in [0.4, 0.5) is 11.4 Å². The van der Waals surface area contributed by atoms with Crippen LogP contribution in [0.3, 0.4) is 0 Å². The van der Waals surface area contributed by atoms with E-state index in [4.69, 9.17) is 27.4 Å². The molecule has 3 rings (SSSR count). The number of carbonyl (C=O) groups excluding carboxylic acids is 1. The van der Waals surface area contributed by atoms with Crippen molar-refractivity contribution in [3.63, 3.8) is 0 Å². The SMILES string of the molecule is N#C/C(=C\c1ccccc1OS(=O)(=O)c1ccc([N+](=O)[O-])cc1)C(=O)Nc1cccc(Cl)c1Cl. The normalized spacial score (nSPS) is 11.4. The van der Waals surface area contributed by atoms with Gasteiger partial charge in [0, 0.05) is 17.7 Å². The Hall–Kier alpha value is -3.91. The van der Waals surface area contributed by atoms with Gasteiger partial charge in [0.2, 0.25) is 0 Å². The minimum Gasteiger partial charge on any atom is -0.378 e. The molecule has 1 amide bonds. The van der Waals surface area contributed by atoms with Gasteiger partial charge in [0.1, 0.15) is 22.3 Å². The number of nitriles is 1. The number of nitrogens with one attached hydrogen (secondary N) is 1. The van der Waals surface area contributed by atoms with Crippen molar-refractivity contribution in [1.82, 2.24) is 0 Å². The summed E-state index contributed by atoms with van der Waals surface area (Å²) in [7, 11) is -4.37. The van der Waals surface area contributed by atoms with Crippen molar-refractivity contribution < 1.29 is 22.3 Å². The molecule has 0 spiro atoms. The summed E-state index contributed by atoms with van der Waals surface area (Å²) in [6.07, 6.45) is 1.15. The van der Waals surface area contributed by atoms with Crippen molar-refractivity contribution in [3.8, 4) is 11.8 Å². The molecule has 0 radical (unpaired) electrons. The number of nitrogens with zero attached hydrogens (tertiary/aromatic N) is 2. The lowest BCUT2D eigenvalue weighted by Crippen LogP contribution is -2.14. The van der Waals surface area contributed by atoms with Gasteiger partial charge in [-0.05, 0) is 36.4 Å². The third-order valence-electron chi connectivity index (χ3n) is 4.32. The van der Waals surface area contributed by atoms with Gasteiger partial charge in [0.25, 0.3) is 11.6 Å². The Balaban J connectivity index is 1.90. The van der Waals surface area contributed by atoms with E-state index in [9.17, 15) is 28.6 Å². The molecule has 0 heterocycles. The van der Waals surface area contributed by atoms with Crippen molar-refractivity contribution in [2.45, 2.75) is 4.90 Å². The van der Waals surface area contributed by atoms with Gasteiger partial charge in [-0.15, -0.1) is 0 Å². The number of anilines is 1. The lowest BCUT2D eigenvalue weighted by atomic mass is 10.1. The van der Waals surface area contributed by atoms with E-state index in [1.54, 1.807) is 18.2 Å². The monoisotopic (exact) mass is 517 g/mol. The van der Waals surface area contributed by atoms with Gasteiger partial charge < -0.3 is 9.50 Å². The summed E-state index contributed by atoms with van der Waals surface area (Å²) in [5.74, 6) is -0.970. The van der Waals surface area contributed by atoms with Crippen molar-refractivity contribution in [2.75, 3.05) is 5.32 Å². The Labute approximate surface area is 204 Å². The topological polar surface area (TPSA) is 139 Å². The quantitative estimate of drug-likeness (QED) is 0.149. The fourth-order valence-electron chi connectivity index (χ4n) is 2.67. The van der Waals surface area contributed by atoms with Crippen LogP contribution in [-0.2, 0) is 14.9 Å². The predicted molar refractivity (Wildman–Crippen MR) is 126 cm³/mol. The summed E-state index contributed by atoms with van der Waals surface area (Å²) < 4.78 is 30.5. The molecule has 0 aliphatic carbocycles. The van der Waals surface area contributed by atoms with Crippen LogP contribution in [0.15, 0.2) is 77.2 Å². The first-order valence-corrected chi connectivity index (χ1v) is 11.4. The Kier molecular flexibility index (Phi) is 7.53. The molecule has 172 valence electrons. The van der Waals surface area contributed by atoms with Gasteiger partial charge in [-0.25, -0.2) is 0 Å². The number of rotatable bonds is 7. The Morgan fingerprint density at radius 3 is 2.38 bits per heavy atom. The highest BCUT2D eigenvalue weighted by Gasteiger charge is 2.20. The highest BCUT2D eigenvalue weighted by molar-refractivity contribution is 7.87. The second-order valence-electron chi connectivity index (χ2n) is 6.55. The summed E-state index contributed by atoms with van der Waals surface area (Å²) in [6.45, 7) is 0. The molecule has 0 unspecified atom stereocenters. The highest BCUT2D eigenvalue weighted by Crippen LogP contribution is 2.30. The molecular weight excluding hydrogens is 505 g/mol. The fraction of sp³-hybridized carbons (Fsp3) is 0. The third-order valence-corrected chi connectivity index (χ3v) is 6.39. The number of nitro groups is 1. The molecule has 0 aromatic heterocycles. The van der Waals surface area contributed by atoms with E-state index in [-0.39, 0.29) is 43.2 Å². The number of non-ortho nitro benzene ring substituents is 1. The van der Waals surface area contributed by atoms with E-state index in [1.807, 2.05) is 0 Å². The minimum atomic E-state index is -4.37. The molecule has 1 N–H and O–H groups in total. The summed E-state index contributed by atoms with van der Waals surface area (Å²) in [5.41, 5.74) is -0.339. The van der Waals surface area contributed by atoms with Gasteiger partial charge in [-0.2, -0.15) is 13.7 Å². The van der Waals surface area contributed by atoms with Crippen LogP contribution < -0.4 is 9.50 Å². The molecule has 0 saturated carbocycles. The van der Waals surface area contributed by atoms with Gasteiger partial charge in [0.15, 0.2) is 0 Å². The predicted octanol–water partition coefficient (Wildman–Crippen LogP) is 5.21. The molecule has 0 fully saturated rings. The van der Waals surface area contributed by atoms with Crippen molar-refractivity contribution in [3.05, 3.63) is 98.0 Å². The van der Waals surface area contributed by atoms with Gasteiger partial charge >= 0.3 is 10.1 Å². The van der Waals surface area contributed by atoms with Crippen LogP contribution in [-0.4, -0.2) is 19.2 Å². The second-order valence-corrected chi connectivity index (χ2v) is 8.88. The molecule has 0 aliphatic heterocycles. The Bertz CT molecular complexity index is 1450. The maximum Gasteiger partial charge on any atom is 0.339 e. The summed E-state index contributed by atoms with van der Waals surface area (Å²) in [5, 5.41) is 23.0. The maximum absolute atomic E-state index is 12.7. The molecule has 3 aromatic carbocycles. The number of hydrogen-bond donors (Lipinski definition) is 1. The lowest BCUT2D eigenvalue weighted by Gasteiger charge is -2.10. The third kappa shape index (κ3) is 5.71. The van der Waals surface area contributed by atoms with E-state index in [1.165, 1.54) is 30.3 Å². The number of nitro benzene ring substituents is 1. The van der Waals surface area contributed by atoms with Crippen LogP contribution in [0.25, 0.3) is 6.08 Å². The first kappa shape index (κ1) is 24.7. The zero-order chi connectivity index (χ0) is 24.9. The standard InChI is InChI=1S/C22H13Cl2N3O6S/c23-18-5-3-6-19(21(18)24)26-22(28)15(13-25)12-14-4-1-2-7-20(14)33-34(31,32)17-10-8-16(9-11-17)27(29)30/h1-12H,(H,26,28)/b15-12+. The van der Waals surface area contributed by atoms with Crippen molar-refractivity contribution in [1.29, 1.82) is 5.26 Å². The number of hydrogen-bond acceptors (Lipinski definition) is 7. The average Bonchev–Trinajstić information content (AvgIpc) is 2.81. The molecule has 34 heavy (non-hydrogen) atoms. The second kappa shape index (κ2) is 10.4. The molecular formula is C22H13Cl2N3O6S. The van der Waals surface area contributed by atoms with Crippen LogP contribution in [0.1, 0.15) is 5.56 Å². The number of halogens is 2. The van der Waals surface area contributed by atoms with Gasteiger partial charge in [-0.3, -0.25) is 14.9 Å². The zero-order valence-electron chi connectivity index (χ0n) is 16.9. The molecule has 9 nitrogen and oxygen atoms in total. The number of para-hydroxylation sites is 1. The first-order valence-electron chi connectivity index (χ1n) is 9.27. The van der Waals surface area contributed by atoms with E-state index in [2.05, 4.69) is 5.32 Å². The van der Waals surface area contributed by atoms with Crippen LogP contribution in [0, 0.1) is 21.4 Å². The molecule has 12 heteroatoms. The number of carbonyl (C=O) groups is 1. The van der Waals surface area contributed by atoms with Crippen molar-refractivity contribution >= 4 is 56.7 Å². The fourth-order valence-corrected chi connectivity index (χ4v) is 3.97.